The molecule has 23 heavy (non-hydrogen) atoms. The summed E-state index contributed by atoms with van der Waals surface area (Å²) in [6, 6.07) is 13.0. The van der Waals surface area contributed by atoms with Gasteiger partial charge in [0, 0.05) is 22.2 Å². The van der Waals surface area contributed by atoms with Crippen LogP contribution in [0.3, 0.4) is 0 Å². The van der Waals surface area contributed by atoms with Gasteiger partial charge in [0.2, 0.25) is 5.90 Å². The summed E-state index contributed by atoms with van der Waals surface area (Å²) in [5.74, 6) is -0.422. The largest absolute Gasteiger partial charge is 0.402 e. The first-order valence-electron chi connectivity index (χ1n) is 6.56. The minimum absolute atomic E-state index is 0.0377. The Balaban J connectivity index is 1.88. The van der Waals surface area contributed by atoms with E-state index in [1.807, 2.05) is 24.3 Å². The third-order valence-corrected chi connectivity index (χ3v) is 3.65. The fourth-order valence-corrected chi connectivity index (χ4v) is 2.24. The van der Waals surface area contributed by atoms with Gasteiger partial charge in [0.05, 0.1) is 4.92 Å². The fraction of sp³-hybridized carbons (Fsp3) is 0. The highest BCUT2D eigenvalue weighted by Crippen LogP contribution is 2.21. The monoisotopic (exact) mass is 372 g/mol. The first-order valence-corrected chi connectivity index (χ1v) is 7.35. The molecule has 1 aliphatic rings. The van der Waals surface area contributed by atoms with Crippen LogP contribution in [0.5, 0.6) is 0 Å². The van der Waals surface area contributed by atoms with Gasteiger partial charge in [0.15, 0.2) is 5.70 Å². The SMILES string of the molecule is O=C1OC(c2ccc([N+](=O)[O-])cc2)=NC1=Cc1ccc(Br)cc1. The Bertz CT molecular complexity index is 839. The average Bonchev–Trinajstić information content (AvgIpc) is 2.91. The number of non-ortho nitro benzene ring substituents is 1. The topological polar surface area (TPSA) is 81.8 Å². The summed E-state index contributed by atoms with van der Waals surface area (Å²) in [5, 5.41) is 10.6. The van der Waals surface area contributed by atoms with Crippen molar-refractivity contribution in [2.75, 3.05) is 0 Å². The number of benzene rings is 2. The summed E-state index contributed by atoms with van der Waals surface area (Å²) < 4.78 is 6.05. The molecular formula is C16H9BrN2O4. The number of ether oxygens (including phenoxy) is 1. The maximum atomic E-state index is 11.9. The maximum absolute atomic E-state index is 11.9. The molecule has 1 aliphatic heterocycles. The van der Waals surface area contributed by atoms with Gasteiger partial charge in [0.1, 0.15) is 0 Å². The number of cyclic esters (lactones) is 1. The van der Waals surface area contributed by atoms with Gasteiger partial charge >= 0.3 is 5.97 Å². The number of carbonyl (C=O) groups excluding carboxylic acids is 1. The third kappa shape index (κ3) is 3.35. The van der Waals surface area contributed by atoms with Gasteiger partial charge in [-0.05, 0) is 35.9 Å². The molecule has 0 unspecified atom stereocenters. The summed E-state index contributed by atoms with van der Waals surface area (Å²) >= 11 is 3.34. The normalized spacial score (nSPS) is 15.4. The fourth-order valence-electron chi connectivity index (χ4n) is 1.98. The van der Waals surface area contributed by atoms with Crippen molar-refractivity contribution < 1.29 is 14.5 Å². The lowest BCUT2D eigenvalue weighted by Crippen LogP contribution is -2.05. The van der Waals surface area contributed by atoms with Crippen LogP contribution in [0.2, 0.25) is 0 Å². The number of nitro benzene ring substituents is 1. The molecule has 2 aromatic rings. The number of esters is 1. The molecule has 0 spiro atoms. The van der Waals surface area contributed by atoms with E-state index < -0.39 is 10.9 Å². The van der Waals surface area contributed by atoms with Crippen LogP contribution in [0.1, 0.15) is 11.1 Å². The quantitative estimate of drug-likeness (QED) is 0.356. The van der Waals surface area contributed by atoms with Crippen molar-refractivity contribution in [1.82, 2.24) is 0 Å². The molecular weight excluding hydrogens is 364 g/mol. The number of halogens is 1. The highest BCUT2D eigenvalue weighted by Gasteiger charge is 2.24. The van der Waals surface area contributed by atoms with Gasteiger partial charge in [-0.25, -0.2) is 9.79 Å². The molecule has 0 amide bonds. The molecule has 114 valence electrons. The van der Waals surface area contributed by atoms with E-state index in [0.717, 1.165) is 10.0 Å². The Morgan fingerprint density at radius 1 is 1.09 bits per heavy atom. The van der Waals surface area contributed by atoms with Crippen molar-refractivity contribution in [3.05, 3.63) is 79.9 Å². The van der Waals surface area contributed by atoms with Crippen LogP contribution in [-0.2, 0) is 9.53 Å². The molecule has 1 heterocycles. The molecule has 0 atom stereocenters. The van der Waals surface area contributed by atoms with Crippen molar-refractivity contribution in [2.45, 2.75) is 0 Å². The first-order chi connectivity index (χ1) is 11.0. The van der Waals surface area contributed by atoms with E-state index in [1.165, 1.54) is 24.3 Å². The Morgan fingerprint density at radius 2 is 1.74 bits per heavy atom. The summed E-state index contributed by atoms with van der Waals surface area (Å²) in [7, 11) is 0. The molecule has 2 aromatic carbocycles. The summed E-state index contributed by atoms with van der Waals surface area (Å²) in [6.45, 7) is 0. The Hall–Kier alpha value is -2.80. The molecule has 0 saturated heterocycles. The number of nitrogens with zero attached hydrogens (tertiary/aromatic N) is 2. The van der Waals surface area contributed by atoms with Crippen LogP contribution in [0.4, 0.5) is 5.69 Å². The van der Waals surface area contributed by atoms with E-state index >= 15 is 0 Å². The number of carbonyl (C=O) groups is 1. The van der Waals surface area contributed by atoms with E-state index in [1.54, 1.807) is 6.08 Å². The van der Waals surface area contributed by atoms with Gasteiger partial charge < -0.3 is 4.74 Å². The second kappa shape index (κ2) is 6.13. The highest BCUT2D eigenvalue weighted by molar-refractivity contribution is 9.10. The molecule has 0 radical (unpaired) electrons. The molecule has 7 heteroatoms. The van der Waals surface area contributed by atoms with Crippen molar-refractivity contribution in [3.8, 4) is 0 Å². The zero-order valence-corrected chi connectivity index (χ0v) is 13.2. The van der Waals surface area contributed by atoms with Crippen molar-refractivity contribution in [3.63, 3.8) is 0 Å². The number of nitro groups is 1. The first kappa shape index (κ1) is 15.1. The minimum atomic E-state index is -0.554. The Kier molecular flexibility index (Phi) is 4.03. The van der Waals surface area contributed by atoms with Crippen molar-refractivity contribution in [2.24, 2.45) is 4.99 Å². The predicted molar refractivity (Wildman–Crippen MR) is 87.8 cm³/mol. The molecule has 0 bridgehead atoms. The summed E-state index contributed by atoms with van der Waals surface area (Å²) in [4.78, 5) is 26.2. The number of hydrogen-bond donors (Lipinski definition) is 0. The van der Waals surface area contributed by atoms with Gasteiger partial charge in [-0.2, -0.15) is 0 Å². The third-order valence-electron chi connectivity index (χ3n) is 3.12. The summed E-state index contributed by atoms with van der Waals surface area (Å²) in [6.07, 6.45) is 1.62. The van der Waals surface area contributed by atoms with Crippen LogP contribution in [-0.4, -0.2) is 16.8 Å². The minimum Gasteiger partial charge on any atom is -0.402 e. The van der Waals surface area contributed by atoms with Crippen LogP contribution in [0.15, 0.2) is 63.7 Å². The molecule has 0 aromatic heterocycles. The standard InChI is InChI=1S/C16H9BrN2O4/c17-12-5-1-10(2-6-12)9-14-16(20)23-15(18-14)11-3-7-13(8-4-11)19(21)22/h1-9H. The molecule has 0 N–H and O–H groups in total. The van der Waals surface area contributed by atoms with Gasteiger partial charge in [-0.3, -0.25) is 10.1 Å². The van der Waals surface area contributed by atoms with E-state index in [0.29, 0.717) is 5.56 Å². The zero-order valence-electron chi connectivity index (χ0n) is 11.6. The van der Waals surface area contributed by atoms with E-state index in [4.69, 9.17) is 4.74 Å². The Labute approximate surface area is 139 Å². The van der Waals surface area contributed by atoms with Gasteiger partial charge in [0.25, 0.3) is 5.69 Å². The van der Waals surface area contributed by atoms with Crippen LogP contribution in [0, 0.1) is 10.1 Å². The summed E-state index contributed by atoms with van der Waals surface area (Å²) in [5.41, 5.74) is 1.46. The molecule has 0 fully saturated rings. The second-order valence-electron chi connectivity index (χ2n) is 4.69. The van der Waals surface area contributed by atoms with Gasteiger partial charge in [-0.15, -0.1) is 0 Å². The smallest absolute Gasteiger partial charge is 0.363 e. The number of aliphatic imine (C=N–C) groups is 1. The average molecular weight is 373 g/mol. The lowest BCUT2D eigenvalue weighted by Gasteiger charge is -1.98. The maximum Gasteiger partial charge on any atom is 0.363 e. The van der Waals surface area contributed by atoms with Gasteiger partial charge in [-0.1, -0.05) is 28.1 Å². The molecule has 6 nitrogen and oxygen atoms in total. The molecule has 3 rings (SSSR count). The van der Waals surface area contributed by atoms with Crippen molar-refractivity contribution >= 4 is 39.6 Å². The predicted octanol–water partition coefficient (Wildman–Crippen LogP) is 3.70. The second-order valence-corrected chi connectivity index (χ2v) is 5.61. The number of hydrogen-bond acceptors (Lipinski definition) is 5. The number of rotatable bonds is 3. The van der Waals surface area contributed by atoms with Crippen LogP contribution >= 0.6 is 15.9 Å². The molecule has 0 saturated carbocycles. The van der Waals surface area contributed by atoms with E-state index in [9.17, 15) is 14.9 Å². The molecule has 0 aliphatic carbocycles. The van der Waals surface area contributed by atoms with Crippen LogP contribution < -0.4 is 0 Å². The highest BCUT2D eigenvalue weighted by atomic mass is 79.9. The van der Waals surface area contributed by atoms with Crippen LogP contribution in [0.25, 0.3) is 6.08 Å². The Morgan fingerprint density at radius 3 is 2.35 bits per heavy atom. The van der Waals surface area contributed by atoms with E-state index in [-0.39, 0.29) is 17.3 Å². The van der Waals surface area contributed by atoms with Crippen molar-refractivity contribution in [1.29, 1.82) is 0 Å². The lowest BCUT2D eigenvalue weighted by atomic mass is 10.2. The lowest BCUT2D eigenvalue weighted by molar-refractivity contribution is -0.384. The van der Waals surface area contributed by atoms with E-state index in [2.05, 4.69) is 20.9 Å². The zero-order chi connectivity index (χ0) is 16.4.